The van der Waals surface area contributed by atoms with Gasteiger partial charge in [-0.15, -0.1) is 0 Å². The Hall–Kier alpha value is -0.260. The van der Waals surface area contributed by atoms with E-state index in [1.807, 2.05) is 11.1 Å². The summed E-state index contributed by atoms with van der Waals surface area (Å²) in [5.74, 6) is 1.95. The number of hydrogen-bond acceptors (Lipinski definition) is 0. The summed E-state index contributed by atoms with van der Waals surface area (Å²) in [6, 6.07) is 0. The molecule has 0 aromatic carbocycles. The molecule has 1 atom stereocenters. The third-order valence-corrected chi connectivity index (χ3v) is 7.47. The molecule has 1 rings (SSSR count). The monoisotopic (exact) mass is 376 g/mol. The predicted molar refractivity (Wildman–Crippen MR) is 124 cm³/mol. The highest BCUT2D eigenvalue weighted by atomic mass is 14.4. The van der Waals surface area contributed by atoms with Crippen molar-refractivity contribution in [3.8, 4) is 0 Å². The lowest BCUT2D eigenvalue weighted by molar-refractivity contribution is 0.0636. The minimum Gasteiger partial charge on any atom is -0.0713 e. The molecule has 0 aromatic heterocycles. The van der Waals surface area contributed by atoms with Gasteiger partial charge in [-0.3, -0.25) is 0 Å². The van der Waals surface area contributed by atoms with Crippen LogP contribution in [0.15, 0.2) is 11.1 Å². The van der Waals surface area contributed by atoms with Crippen molar-refractivity contribution in [2.45, 2.75) is 144 Å². The Morgan fingerprint density at radius 3 is 2.07 bits per heavy atom. The van der Waals surface area contributed by atoms with E-state index in [-0.39, 0.29) is 0 Å². The first-order valence-electron chi connectivity index (χ1n) is 12.7. The summed E-state index contributed by atoms with van der Waals surface area (Å²) >= 11 is 0. The molecule has 0 bridgehead atoms. The van der Waals surface area contributed by atoms with Crippen LogP contribution in [0, 0.1) is 17.3 Å². The zero-order chi connectivity index (χ0) is 20.1. The van der Waals surface area contributed by atoms with Gasteiger partial charge in [0.2, 0.25) is 0 Å². The van der Waals surface area contributed by atoms with Gasteiger partial charge < -0.3 is 0 Å². The molecule has 0 heterocycles. The first-order valence-corrected chi connectivity index (χ1v) is 12.7. The van der Waals surface area contributed by atoms with Crippen LogP contribution in [0.3, 0.4) is 0 Å². The predicted octanol–water partition coefficient (Wildman–Crippen LogP) is 9.88. The minimum atomic E-state index is 0.688. The summed E-state index contributed by atoms with van der Waals surface area (Å²) in [6.45, 7) is 14.4. The summed E-state index contributed by atoms with van der Waals surface area (Å²) in [4.78, 5) is 0. The standard InChI is InChI=1S/C27H52/c1-7-11-12-18-25(9-3)26(19-13-16-23(5)15-8-2)20-14-17-24-21-27(6,10-4)22-24/h23-24H,7-22H2,1-6H3. The summed E-state index contributed by atoms with van der Waals surface area (Å²) in [5.41, 5.74) is 4.39. The number of unbranched alkanes of at least 4 members (excludes halogenated alkanes) is 2. The topological polar surface area (TPSA) is 0 Å². The lowest BCUT2D eigenvalue weighted by Crippen LogP contribution is -2.33. The quantitative estimate of drug-likeness (QED) is 0.186. The summed E-state index contributed by atoms with van der Waals surface area (Å²) in [6.07, 6.45) is 22.5. The maximum atomic E-state index is 2.50. The Labute approximate surface area is 173 Å². The van der Waals surface area contributed by atoms with Crippen LogP contribution in [0.25, 0.3) is 0 Å². The molecule has 0 aromatic rings. The second-order valence-electron chi connectivity index (χ2n) is 10.1. The largest absolute Gasteiger partial charge is 0.0713 e. The van der Waals surface area contributed by atoms with Gasteiger partial charge in [-0.1, -0.05) is 97.6 Å². The fourth-order valence-corrected chi connectivity index (χ4v) is 5.40. The van der Waals surface area contributed by atoms with Crippen LogP contribution in [-0.4, -0.2) is 0 Å². The molecule has 0 nitrogen and oxygen atoms in total. The summed E-state index contributed by atoms with van der Waals surface area (Å²) in [7, 11) is 0. The third-order valence-electron chi connectivity index (χ3n) is 7.47. The molecule has 1 fully saturated rings. The molecule has 27 heavy (non-hydrogen) atoms. The highest BCUT2D eigenvalue weighted by Crippen LogP contribution is 2.49. The Morgan fingerprint density at radius 2 is 1.48 bits per heavy atom. The highest BCUT2D eigenvalue weighted by Gasteiger charge is 2.37. The summed E-state index contributed by atoms with van der Waals surface area (Å²) in [5, 5.41) is 0. The molecule has 0 heteroatoms. The zero-order valence-corrected chi connectivity index (χ0v) is 20.0. The molecular weight excluding hydrogens is 324 g/mol. The molecule has 1 aliphatic rings. The van der Waals surface area contributed by atoms with Gasteiger partial charge in [0, 0.05) is 0 Å². The molecule has 160 valence electrons. The first-order chi connectivity index (χ1) is 13.0. The number of allylic oxidation sites excluding steroid dienone is 2. The molecule has 0 saturated heterocycles. The summed E-state index contributed by atoms with van der Waals surface area (Å²) < 4.78 is 0. The lowest BCUT2D eigenvalue weighted by atomic mass is 9.60. The molecule has 1 unspecified atom stereocenters. The van der Waals surface area contributed by atoms with E-state index in [0.29, 0.717) is 5.41 Å². The van der Waals surface area contributed by atoms with Crippen LogP contribution < -0.4 is 0 Å². The third kappa shape index (κ3) is 9.67. The number of rotatable bonds is 16. The Balaban J connectivity index is 2.50. The maximum Gasteiger partial charge on any atom is -0.0318 e. The van der Waals surface area contributed by atoms with Crippen LogP contribution in [-0.2, 0) is 0 Å². The lowest BCUT2D eigenvalue weighted by Gasteiger charge is -2.45. The van der Waals surface area contributed by atoms with Gasteiger partial charge in [-0.2, -0.15) is 0 Å². The van der Waals surface area contributed by atoms with Gasteiger partial charge in [0.15, 0.2) is 0 Å². The van der Waals surface area contributed by atoms with Crippen molar-refractivity contribution >= 4 is 0 Å². The molecule has 0 aliphatic heterocycles. The van der Waals surface area contributed by atoms with Gasteiger partial charge in [0.25, 0.3) is 0 Å². The van der Waals surface area contributed by atoms with Crippen molar-refractivity contribution in [1.82, 2.24) is 0 Å². The van der Waals surface area contributed by atoms with Gasteiger partial charge in [-0.25, -0.2) is 0 Å². The normalized spacial score (nSPS) is 24.4. The van der Waals surface area contributed by atoms with Crippen LogP contribution >= 0.6 is 0 Å². The van der Waals surface area contributed by atoms with E-state index in [9.17, 15) is 0 Å². The van der Waals surface area contributed by atoms with Crippen molar-refractivity contribution in [3.05, 3.63) is 11.1 Å². The number of hydrogen-bond donors (Lipinski definition) is 0. The van der Waals surface area contributed by atoms with Crippen LogP contribution in [0.5, 0.6) is 0 Å². The van der Waals surface area contributed by atoms with Crippen molar-refractivity contribution in [1.29, 1.82) is 0 Å². The minimum absolute atomic E-state index is 0.688. The molecule has 1 saturated carbocycles. The molecule has 0 spiro atoms. The van der Waals surface area contributed by atoms with E-state index in [2.05, 4.69) is 41.5 Å². The van der Waals surface area contributed by atoms with Gasteiger partial charge in [0.1, 0.15) is 0 Å². The molecule has 0 amide bonds. The second-order valence-corrected chi connectivity index (χ2v) is 10.1. The zero-order valence-electron chi connectivity index (χ0n) is 20.0. The van der Waals surface area contributed by atoms with Crippen LogP contribution in [0.1, 0.15) is 144 Å². The van der Waals surface area contributed by atoms with E-state index < -0.39 is 0 Å². The van der Waals surface area contributed by atoms with E-state index >= 15 is 0 Å². The second kappa shape index (κ2) is 13.8. The molecule has 0 radical (unpaired) electrons. The van der Waals surface area contributed by atoms with Crippen LogP contribution in [0.2, 0.25) is 0 Å². The van der Waals surface area contributed by atoms with Crippen LogP contribution in [0.4, 0.5) is 0 Å². The average Bonchev–Trinajstić information content (AvgIpc) is 2.63. The van der Waals surface area contributed by atoms with Gasteiger partial charge in [-0.05, 0) is 75.0 Å². The molecule has 1 aliphatic carbocycles. The molecule has 0 N–H and O–H groups in total. The smallest absolute Gasteiger partial charge is 0.0318 e. The first kappa shape index (κ1) is 24.8. The van der Waals surface area contributed by atoms with Crippen molar-refractivity contribution in [2.24, 2.45) is 17.3 Å². The Morgan fingerprint density at radius 1 is 0.815 bits per heavy atom. The van der Waals surface area contributed by atoms with E-state index in [0.717, 1.165) is 11.8 Å². The Kier molecular flexibility index (Phi) is 12.7. The van der Waals surface area contributed by atoms with Crippen molar-refractivity contribution in [3.63, 3.8) is 0 Å². The molecular formula is C27H52. The van der Waals surface area contributed by atoms with Gasteiger partial charge >= 0.3 is 0 Å². The fraction of sp³-hybridized carbons (Fsp3) is 0.926. The van der Waals surface area contributed by atoms with E-state index in [4.69, 9.17) is 0 Å². The fourth-order valence-electron chi connectivity index (χ4n) is 5.40. The van der Waals surface area contributed by atoms with E-state index in [1.165, 1.54) is 103 Å². The Bertz CT molecular complexity index is 396. The highest BCUT2D eigenvalue weighted by molar-refractivity contribution is 5.14. The van der Waals surface area contributed by atoms with E-state index in [1.54, 1.807) is 0 Å². The average molecular weight is 377 g/mol. The van der Waals surface area contributed by atoms with Crippen molar-refractivity contribution < 1.29 is 0 Å². The maximum absolute atomic E-state index is 2.50. The SMILES string of the molecule is CCCCCC(CC)=C(CCCC(C)CCC)CCCC1CC(C)(CC)C1. The van der Waals surface area contributed by atoms with Gasteiger partial charge in [0.05, 0.1) is 0 Å². The van der Waals surface area contributed by atoms with Crippen molar-refractivity contribution in [2.75, 3.05) is 0 Å².